The van der Waals surface area contributed by atoms with E-state index in [2.05, 4.69) is 42.0 Å². The van der Waals surface area contributed by atoms with Gasteiger partial charge in [-0.15, -0.1) is 0 Å². The molecule has 1 heterocycles. The molecule has 72 valence electrons. The maximum Gasteiger partial charge on any atom is 0.119 e. The molecule has 0 aromatic rings. The van der Waals surface area contributed by atoms with Crippen LogP contribution in [0.1, 0.15) is 13.8 Å². The van der Waals surface area contributed by atoms with E-state index in [1.54, 1.807) is 0 Å². The summed E-state index contributed by atoms with van der Waals surface area (Å²) in [5.41, 5.74) is 0. The first-order valence-corrected chi connectivity index (χ1v) is 5.87. The van der Waals surface area contributed by atoms with Crippen LogP contribution in [0.4, 0.5) is 0 Å². The van der Waals surface area contributed by atoms with Crippen LogP contribution in [0.3, 0.4) is 0 Å². The molecule has 0 atom stereocenters. The third-order valence-corrected chi connectivity index (χ3v) is 5.03. The Hall–Kier alpha value is 0.310. The third-order valence-electron chi connectivity index (χ3n) is 2.34. The van der Waals surface area contributed by atoms with Crippen molar-refractivity contribution < 1.29 is 0 Å². The molecule has 0 spiro atoms. The van der Waals surface area contributed by atoms with Crippen LogP contribution in [0.2, 0.25) is 0 Å². The summed E-state index contributed by atoms with van der Waals surface area (Å²) in [5, 5.41) is 0. The average Bonchev–Trinajstić information content (AvgIpc) is 2.38. The highest BCUT2D eigenvalue weighted by molar-refractivity contribution is 7.50. The smallest absolute Gasteiger partial charge is 0.119 e. The molecular formula is C8H20N3P. The number of nitrogens with zero attached hydrogens (tertiary/aromatic N) is 3. The first-order valence-electron chi connectivity index (χ1n) is 4.67. The lowest BCUT2D eigenvalue weighted by atomic mass is 10.6. The van der Waals surface area contributed by atoms with Crippen molar-refractivity contribution in [1.82, 2.24) is 14.0 Å². The molecule has 1 fully saturated rings. The monoisotopic (exact) mass is 189 g/mol. The summed E-state index contributed by atoms with van der Waals surface area (Å²) in [6, 6.07) is 0. The number of hydrogen-bond acceptors (Lipinski definition) is 3. The van der Waals surface area contributed by atoms with E-state index in [-0.39, 0.29) is 8.37 Å². The van der Waals surface area contributed by atoms with Gasteiger partial charge in [-0.3, -0.25) is 14.0 Å². The zero-order chi connectivity index (χ0) is 9.14. The molecule has 4 heteroatoms. The maximum absolute atomic E-state index is 2.54. The average molecular weight is 189 g/mol. The second-order valence-corrected chi connectivity index (χ2v) is 5.64. The topological polar surface area (TPSA) is 9.72 Å². The Bertz CT molecular complexity index is 128. The lowest BCUT2D eigenvalue weighted by Gasteiger charge is -2.34. The van der Waals surface area contributed by atoms with Crippen molar-refractivity contribution in [3.05, 3.63) is 0 Å². The molecule has 0 bridgehead atoms. The minimum absolute atomic E-state index is 0.131. The van der Waals surface area contributed by atoms with Crippen LogP contribution >= 0.6 is 8.37 Å². The van der Waals surface area contributed by atoms with Crippen molar-refractivity contribution in [1.29, 1.82) is 0 Å². The molecule has 0 aromatic heterocycles. The minimum atomic E-state index is -0.131. The number of hydrogen-bond donors (Lipinski definition) is 0. The van der Waals surface area contributed by atoms with Crippen molar-refractivity contribution in [3.63, 3.8) is 0 Å². The third kappa shape index (κ3) is 1.97. The number of rotatable bonds is 3. The summed E-state index contributed by atoms with van der Waals surface area (Å²) in [4.78, 5) is 0. The Balaban J connectivity index is 2.57. The number of likely N-dealkylation sites (N-methyl/N-ethyl adjacent to an activating group) is 2. The van der Waals surface area contributed by atoms with Crippen molar-refractivity contribution in [2.75, 3.05) is 40.3 Å². The quantitative estimate of drug-likeness (QED) is 0.622. The summed E-state index contributed by atoms with van der Waals surface area (Å²) in [6.07, 6.45) is 0. The van der Waals surface area contributed by atoms with E-state index in [4.69, 9.17) is 0 Å². The van der Waals surface area contributed by atoms with Gasteiger partial charge in [0.25, 0.3) is 0 Å². The Labute approximate surface area is 77.2 Å². The van der Waals surface area contributed by atoms with Gasteiger partial charge in [0.15, 0.2) is 0 Å². The molecule has 0 radical (unpaired) electrons. The van der Waals surface area contributed by atoms with E-state index in [0.717, 1.165) is 13.1 Å². The van der Waals surface area contributed by atoms with Gasteiger partial charge in [0, 0.05) is 26.2 Å². The van der Waals surface area contributed by atoms with Gasteiger partial charge in [-0.25, -0.2) is 0 Å². The zero-order valence-electron chi connectivity index (χ0n) is 8.62. The lowest BCUT2D eigenvalue weighted by molar-refractivity contribution is 0.448. The molecular weight excluding hydrogens is 169 g/mol. The molecule has 0 amide bonds. The van der Waals surface area contributed by atoms with Crippen LogP contribution in [0, 0.1) is 0 Å². The van der Waals surface area contributed by atoms with E-state index in [9.17, 15) is 0 Å². The molecule has 1 saturated heterocycles. The molecule has 0 saturated carbocycles. The predicted molar refractivity (Wildman–Crippen MR) is 55.1 cm³/mol. The molecule has 1 aliphatic heterocycles. The highest BCUT2D eigenvalue weighted by atomic mass is 31.2. The first-order chi connectivity index (χ1) is 5.70. The largest absolute Gasteiger partial charge is 0.259 e. The van der Waals surface area contributed by atoms with Crippen LogP contribution in [0.15, 0.2) is 0 Å². The Morgan fingerprint density at radius 2 is 1.50 bits per heavy atom. The van der Waals surface area contributed by atoms with E-state index in [0.29, 0.717) is 0 Å². The standard InChI is InChI=1S/C8H20N3P/c1-5-11(6-2)12-9(3)7-8-10(12)4/h5-8H2,1-4H3. The normalized spacial score (nSPS) is 22.8. The highest BCUT2D eigenvalue weighted by Crippen LogP contribution is 2.48. The van der Waals surface area contributed by atoms with Crippen LogP contribution in [0.5, 0.6) is 0 Å². The molecule has 1 rings (SSSR count). The fourth-order valence-electron chi connectivity index (χ4n) is 1.64. The molecule has 0 N–H and O–H groups in total. The van der Waals surface area contributed by atoms with Gasteiger partial charge in [0.2, 0.25) is 0 Å². The lowest BCUT2D eigenvalue weighted by Crippen LogP contribution is -2.26. The van der Waals surface area contributed by atoms with Gasteiger partial charge in [0.1, 0.15) is 8.37 Å². The van der Waals surface area contributed by atoms with Crippen molar-refractivity contribution in [3.8, 4) is 0 Å². The molecule has 12 heavy (non-hydrogen) atoms. The van der Waals surface area contributed by atoms with Crippen molar-refractivity contribution >= 4 is 8.37 Å². The van der Waals surface area contributed by atoms with E-state index < -0.39 is 0 Å². The summed E-state index contributed by atoms with van der Waals surface area (Å²) < 4.78 is 7.49. The molecule has 0 aliphatic carbocycles. The SMILES string of the molecule is CCN(CC)P1N(C)CCN1C. The molecule has 0 aromatic carbocycles. The highest BCUT2D eigenvalue weighted by Gasteiger charge is 2.30. The minimum Gasteiger partial charge on any atom is -0.259 e. The van der Waals surface area contributed by atoms with Crippen molar-refractivity contribution in [2.24, 2.45) is 0 Å². The predicted octanol–water partition coefficient (Wildman–Crippen LogP) is 1.43. The van der Waals surface area contributed by atoms with E-state index >= 15 is 0 Å². The summed E-state index contributed by atoms with van der Waals surface area (Å²) in [7, 11) is 4.33. The summed E-state index contributed by atoms with van der Waals surface area (Å²) in [5.74, 6) is 0. The van der Waals surface area contributed by atoms with Crippen LogP contribution < -0.4 is 0 Å². The van der Waals surface area contributed by atoms with Crippen molar-refractivity contribution in [2.45, 2.75) is 13.8 Å². The maximum atomic E-state index is 2.54. The van der Waals surface area contributed by atoms with Crippen LogP contribution in [-0.4, -0.2) is 54.3 Å². The van der Waals surface area contributed by atoms with Crippen LogP contribution in [-0.2, 0) is 0 Å². The Kier molecular flexibility index (Phi) is 3.91. The van der Waals surface area contributed by atoms with E-state index in [1.807, 2.05) is 0 Å². The van der Waals surface area contributed by atoms with Gasteiger partial charge in [-0.1, -0.05) is 13.8 Å². The molecule has 1 aliphatic rings. The Morgan fingerprint density at radius 1 is 1.08 bits per heavy atom. The van der Waals surface area contributed by atoms with Gasteiger partial charge >= 0.3 is 0 Å². The fraction of sp³-hybridized carbons (Fsp3) is 1.00. The van der Waals surface area contributed by atoms with Gasteiger partial charge in [-0.2, -0.15) is 0 Å². The van der Waals surface area contributed by atoms with Crippen LogP contribution in [0.25, 0.3) is 0 Å². The van der Waals surface area contributed by atoms with Gasteiger partial charge < -0.3 is 0 Å². The van der Waals surface area contributed by atoms with Gasteiger partial charge in [-0.05, 0) is 14.1 Å². The van der Waals surface area contributed by atoms with Gasteiger partial charge in [0.05, 0.1) is 0 Å². The fourth-order valence-corrected chi connectivity index (χ4v) is 4.07. The summed E-state index contributed by atoms with van der Waals surface area (Å²) in [6.45, 7) is 9.25. The summed E-state index contributed by atoms with van der Waals surface area (Å²) >= 11 is 0. The molecule has 3 nitrogen and oxygen atoms in total. The molecule has 0 unspecified atom stereocenters. The first kappa shape index (κ1) is 10.4. The van der Waals surface area contributed by atoms with E-state index in [1.165, 1.54) is 13.1 Å². The second kappa shape index (κ2) is 4.52. The second-order valence-electron chi connectivity index (χ2n) is 3.17. The zero-order valence-corrected chi connectivity index (χ0v) is 9.51. The Morgan fingerprint density at radius 3 is 1.83 bits per heavy atom.